The molecule has 0 aromatic carbocycles. The van der Waals surface area contributed by atoms with Gasteiger partial charge in [-0.15, -0.1) is 0 Å². The van der Waals surface area contributed by atoms with Crippen molar-refractivity contribution in [2.24, 2.45) is 0 Å². The van der Waals surface area contributed by atoms with Gasteiger partial charge in [0.2, 0.25) is 0 Å². The first kappa shape index (κ1) is 22.5. The fourth-order valence-electron chi connectivity index (χ4n) is 0. The summed E-state index contributed by atoms with van der Waals surface area (Å²) < 4.78 is 31.9. The van der Waals surface area contributed by atoms with E-state index in [1.54, 1.807) is 0 Å². The van der Waals surface area contributed by atoms with Crippen molar-refractivity contribution in [2.45, 2.75) is 0 Å². The van der Waals surface area contributed by atoms with Crippen molar-refractivity contribution in [1.29, 1.82) is 0 Å². The molecule has 0 rings (SSSR count). The average Bonchev–Trinajstić information content (AvgIpc) is 0.722. The molecule has 0 atom stereocenters. The number of hydrogen-bond donors (Lipinski definition) is 2. The van der Waals surface area contributed by atoms with Crippen LogP contribution in [0.25, 0.3) is 0 Å². The summed E-state index contributed by atoms with van der Waals surface area (Å²) in [5.74, 6) is 0. The molecule has 0 heterocycles. The first-order valence-corrected chi connectivity index (χ1v) is 2.88. The van der Waals surface area contributed by atoms with Crippen LogP contribution in [0.2, 0.25) is 0 Å². The van der Waals surface area contributed by atoms with Crippen LogP contribution in [0.5, 0.6) is 0 Å². The Bertz CT molecular complexity index is 99.2. The van der Waals surface area contributed by atoms with Gasteiger partial charge in [0, 0.05) is 21.7 Å². The fourth-order valence-corrected chi connectivity index (χ4v) is 0. The molecule has 0 aliphatic rings. The number of rotatable bonds is 0. The molecule has 4 nitrogen and oxygen atoms in total. The van der Waals surface area contributed by atoms with Crippen LogP contribution >= 0.6 is 0 Å². The van der Waals surface area contributed by atoms with Gasteiger partial charge in [-0.3, -0.25) is 0 Å². The first-order chi connectivity index (χ1) is 2.00. The van der Waals surface area contributed by atoms with Gasteiger partial charge in [0.15, 0.2) is 0 Å². The normalized spacial score (nSPS) is 7.25. The summed E-state index contributed by atoms with van der Waals surface area (Å²) in [6, 6.07) is 0. The van der Waals surface area contributed by atoms with Crippen LogP contribution in [0.15, 0.2) is 0 Å². The second-order valence-electron chi connectivity index (χ2n) is 0.448. The zero-order valence-electron chi connectivity index (χ0n) is 2.62. The van der Waals surface area contributed by atoms with Gasteiger partial charge < -0.3 is 0 Å². The summed E-state index contributed by atoms with van der Waals surface area (Å²) in [4.78, 5) is 0. The van der Waals surface area contributed by atoms with Gasteiger partial charge >= 0.3 is 67.3 Å². The molecule has 0 aromatic rings. The van der Waals surface area contributed by atoms with Gasteiger partial charge in [-0.2, -0.15) is 0 Å². The zero-order valence-corrected chi connectivity index (χ0v) is 5.46. The van der Waals surface area contributed by atoms with E-state index >= 15 is 0 Å². The van der Waals surface area contributed by atoms with Crippen molar-refractivity contribution in [3.8, 4) is 0 Å². The van der Waals surface area contributed by atoms with Crippen LogP contribution < -0.4 is 0 Å². The molecule has 0 aliphatic heterocycles. The maximum atomic E-state index is 8.82. The van der Waals surface area contributed by atoms with Crippen molar-refractivity contribution in [3.05, 3.63) is 0 Å². The third kappa shape index (κ3) is 93.0. The Morgan fingerprint density at radius 1 is 1.12 bits per heavy atom. The van der Waals surface area contributed by atoms with Crippen molar-refractivity contribution >= 4 is 46.2 Å². The molecular formula is H7BCaCrO4Ti. The fraction of sp³-hybridized carbons (Fsp3) is 0. The van der Waals surface area contributed by atoms with Gasteiger partial charge in [-0.05, 0) is 0 Å². The molecule has 0 aliphatic carbocycles. The van der Waals surface area contributed by atoms with E-state index in [-0.39, 0.29) is 67.9 Å². The quantitative estimate of drug-likeness (QED) is 0.418. The monoisotopic (exact) mass is 222 g/mol. The molecule has 8 heavy (non-hydrogen) atoms. The Labute approximate surface area is 95.9 Å². The first-order valence-electron chi connectivity index (χ1n) is 0.698. The molecule has 0 unspecified atom stereocenters. The molecule has 0 spiro atoms. The Balaban J connectivity index is -0.0000000267. The molecule has 0 amide bonds. The van der Waals surface area contributed by atoms with Crippen LogP contribution in [0.4, 0.5) is 0 Å². The van der Waals surface area contributed by atoms with Gasteiger partial charge in [0.25, 0.3) is 0 Å². The molecule has 0 fully saturated rings. The Morgan fingerprint density at radius 2 is 1.12 bits per heavy atom. The van der Waals surface area contributed by atoms with Crippen molar-refractivity contribution < 1.29 is 51.3 Å². The van der Waals surface area contributed by atoms with Gasteiger partial charge in [0.1, 0.15) is 0 Å². The van der Waals surface area contributed by atoms with E-state index in [2.05, 4.69) is 0 Å². The third-order valence-corrected chi connectivity index (χ3v) is 0. The van der Waals surface area contributed by atoms with E-state index < -0.39 is 13.6 Å². The Morgan fingerprint density at radius 3 is 1.12 bits per heavy atom. The third-order valence-electron chi connectivity index (χ3n) is 0. The topological polar surface area (TPSA) is 74.6 Å². The van der Waals surface area contributed by atoms with E-state index in [1.807, 2.05) is 0 Å². The molecule has 46 valence electrons. The molecular weight excluding hydrogens is 215 g/mol. The minimum atomic E-state index is -5.25. The molecule has 0 saturated heterocycles. The molecule has 0 aromatic heterocycles. The van der Waals surface area contributed by atoms with Crippen LogP contribution in [-0.4, -0.2) is 54.5 Å². The van der Waals surface area contributed by atoms with E-state index in [4.69, 9.17) is 15.9 Å². The van der Waals surface area contributed by atoms with E-state index in [0.29, 0.717) is 0 Å². The van der Waals surface area contributed by atoms with Crippen molar-refractivity contribution in [2.75, 3.05) is 0 Å². The summed E-state index contributed by atoms with van der Waals surface area (Å²) in [6.07, 6.45) is 0. The summed E-state index contributed by atoms with van der Waals surface area (Å²) >= 11 is -5.25. The van der Waals surface area contributed by atoms with Crippen LogP contribution in [0.1, 0.15) is 0 Å². The summed E-state index contributed by atoms with van der Waals surface area (Å²) in [5.41, 5.74) is 0. The second-order valence-corrected chi connectivity index (χ2v) is 1.85. The Kier molecular flexibility index (Phi) is 25.5. The van der Waals surface area contributed by atoms with Gasteiger partial charge in [-0.1, -0.05) is 0 Å². The second kappa shape index (κ2) is 9.09. The molecule has 0 saturated carbocycles. The minimum absolute atomic E-state index is 0. The standard InChI is InChI=1S/BH3.Ca.Cr.2H2O.2O.Ti.2H/h1H3;;;2*1H2;;;;;/q;;+2;;;;;;;/p-2. The van der Waals surface area contributed by atoms with Gasteiger partial charge in [-0.25, -0.2) is 0 Å². The van der Waals surface area contributed by atoms with E-state index in [9.17, 15) is 0 Å². The molecule has 0 bridgehead atoms. The predicted molar refractivity (Wildman–Crippen MR) is 24.3 cm³/mol. The minimum Gasteiger partial charge on any atom is 0 e. The SMILES string of the molecule is B.[CaH2].[O]=[Cr](=[O])([OH])[OH].[Ti]. The summed E-state index contributed by atoms with van der Waals surface area (Å²) in [7, 11) is 0. The van der Waals surface area contributed by atoms with Gasteiger partial charge in [0.05, 0.1) is 8.41 Å². The summed E-state index contributed by atoms with van der Waals surface area (Å²) in [6.45, 7) is 0. The maximum Gasteiger partial charge on any atom is 0 e. The molecule has 0 radical (unpaired) electrons. The predicted octanol–water partition coefficient (Wildman–Crippen LogP) is -3.46. The maximum absolute atomic E-state index is 8.82. The summed E-state index contributed by atoms with van der Waals surface area (Å²) in [5, 5.41) is 0. The van der Waals surface area contributed by atoms with Crippen molar-refractivity contribution in [3.63, 3.8) is 0 Å². The molecule has 8 heteroatoms. The largest absolute Gasteiger partial charge is 0 e. The van der Waals surface area contributed by atoms with Crippen molar-refractivity contribution in [1.82, 2.24) is 0 Å². The number of hydrogen-bond acceptors (Lipinski definition) is 2. The van der Waals surface area contributed by atoms with Crippen LogP contribution in [0, 0.1) is 0 Å². The van der Waals surface area contributed by atoms with E-state index in [0.717, 1.165) is 0 Å². The Hall–Kier alpha value is 2.09. The van der Waals surface area contributed by atoms with Crippen LogP contribution in [-0.2, 0) is 42.9 Å². The average molecular weight is 222 g/mol. The van der Waals surface area contributed by atoms with Crippen LogP contribution in [0.3, 0.4) is 0 Å². The van der Waals surface area contributed by atoms with E-state index in [1.165, 1.54) is 0 Å². The zero-order chi connectivity index (χ0) is 4.50. The smallest absolute Gasteiger partial charge is 0 e. The molecule has 2 N–H and O–H groups in total.